The topological polar surface area (TPSA) is 35.5 Å². The highest BCUT2D eigenvalue weighted by Crippen LogP contribution is 2.21. The van der Waals surface area contributed by atoms with Crippen molar-refractivity contribution < 1.29 is 23.0 Å². The summed E-state index contributed by atoms with van der Waals surface area (Å²) in [5, 5.41) is 0. The van der Waals surface area contributed by atoms with Gasteiger partial charge in [-0.05, 0) is 35.9 Å². The smallest absolute Gasteiger partial charge is 0.165 e. The maximum absolute atomic E-state index is 13.6. The van der Waals surface area contributed by atoms with Gasteiger partial charge in [0, 0.05) is 5.56 Å². The number of benzene rings is 2. The van der Waals surface area contributed by atoms with Gasteiger partial charge >= 0.3 is 0 Å². The lowest BCUT2D eigenvalue weighted by atomic mass is 10.2. The molecule has 2 aromatic rings. The summed E-state index contributed by atoms with van der Waals surface area (Å²) in [6.45, 7) is 0.0122. The van der Waals surface area contributed by atoms with Gasteiger partial charge in [-0.2, -0.15) is 0 Å². The maximum Gasteiger partial charge on any atom is 0.165 e. The van der Waals surface area contributed by atoms with E-state index in [2.05, 4.69) is 0 Å². The first kappa shape index (κ1) is 14.0. The lowest BCUT2D eigenvalue weighted by molar-refractivity contribution is 0.112. The Morgan fingerprint density at radius 1 is 1.05 bits per heavy atom. The van der Waals surface area contributed by atoms with Crippen molar-refractivity contribution in [2.75, 3.05) is 7.11 Å². The minimum absolute atomic E-state index is 0.00632. The van der Waals surface area contributed by atoms with Crippen LogP contribution in [0.25, 0.3) is 0 Å². The van der Waals surface area contributed by atoms with Crippen LogP contribution in [0.15, 0.2) is 36.4 Å². The molecular formula is C15H12F2O3. The predicted octanol–water partition coefficient (Wildman–Crippen LogP) is 3.36. The van der Waals surface area contributed by atoms with Crippen molar-refractivity contribution >= 4 is 6.29 Å². The van der Waals surface area contributed by atoms with E-state index in [9.17, 15) is 13.6 Å². The molecule has 0 atom stereocenters. The largest absolute Gasteiger partial charge is 0.494 e. The first-order chi connectivity index (χ1) is 9.63. The van der Waals surface area contributed by atoms with Gasteiger partial charge in [0.2, 0.25) is 0 Å². The number of rotatable bonds is 5. The normalized spacial score (nSPS) is 10.2. The molecule has 0 N–H and O–H groups in total. The molecule has 2 aromatic carbocycles. The molecule has 0 aliphatic rings. The second-order valence-electron chi connectivity index (χ2n) is 4.07. The summed E-state index contributed by atoms with van der Waals surface area (Å²) < 4.78 is 37.1. The molecule has 0 saturated carbocycles. The number of ether oxygens (including phenoxy) is 2. The number of carbonyl (C=O) groups is 1. The third-order valence-corrected chi connectivity index (χ3v) is 2.70. The fourth-order valence-corrected chi connectivity index (χ4v) is 1.67. The Labute approximate surface area is 114 Å². The van der Waals surface area contributed by atoms with Crippen molar-refractivity contribution in [3.63, 3.8) is 0 Å². The van der Waals surface area contributed by atoms with Crippen molar-refractivity contribution in [1.82, 2.24) is 0 Å². The molecule has 0 bridgehead atoms. The minimum atomic E-state index is -0.636. The van der Waals surface area contributed by atoms with Crippen LogP contribution in [0.2, 0.25) is 0 Å². The first-order valence-electron chi connectivity index (χ1n) is 5.84. The molecule has 0 radical (unpaired) electrons. The quantitative estimate of drug-likeness (QED) is 0.787. The molecule has 3 nitrogen and oxygen atoms in total. The molecular weight excluding hydrogens is 266 g/mol. The molecule has 0 amide bonds. The SMILES string of the molecule is COc1ccc(COc2ccc(C=O)cc2F)cc1F. The van der Waals surface area contributed by atoms with E-state index < -0.39 is 11.6 Å². The van der Waals surface area contributed by atoms with Crippen molar-refractivity contribution in [1.29, 1.82) is 0 Å². The van der Waals surface area contributed by atoms with Crippen LogP contribution in [0.3, 0.4) is 0 Å². The number of halogens is 2. The Balaban J connectivity index is 2.08. The number of hydrogen-bond donors (Lipinski definition) is 0. The standard InChI is InChI=1S/C15H12F2O3/c1-19-14-4-3-11(7-12(14)16)9-20-15-5-2-10(8-18)6-13(15)17/h2-8H,9H2,1H3. The maximum atomic E-state index is 13.6. The second kappa shape index (κ2) is 6.14. The molecule has 0 spiro atoms. The summed E-state index contributed by atoms with van der Waals surface area (Å²) in [4.78, 5) is 10.5. The fraction of sp³-hybridized carbons (Fsp3) is 0.133. The predicted molar refractivity (Wildman–Crippen MR) is 69.1 cm³/mol. The van der Waals surface area contributed by atoms with Crippen LogP contribution in [-0.4, -0.2) is 13.4 Å². The average molecular weight is 278 g/mol. The lowest BCUT2D eigenvalue weighted by Crippen LogP contribution is -1.99. The molecule has 0 fully saturated rings. The minimum Gasteiger partial charge on any atom is -0.494 e. The van der Waals surface area contributed by atoms with Gasteiger partial charge in [0.15, 0.2) is 23.1 Å². The number of aldehydes is 1. The monoisotopic (exact) mass is 278 g/mol. The number of hydrogen-bond acceptors (Lipinski definition) is 3. The summed E-state index contributed by atoms with van der Waals surface area (Å²) >= 11 is 0. The Hall–Kier alpha value is -2.43. The zero-order valence-electron chi connectivity index (χ0n) is 10.7. The van der Waals surface area contributed by atoms with Gasteiger partial charge in [0.25, 0.3) is 0 Å². The van der Waals surface area contributed by atoms with Crippen molar-refractivity contribution in [3.8, 4) is 11.5 Å². The van der Waals surface area contributed by atoms with Crippen LogP contribution in [0.1, 0.15) is 15.9 Å². The third kappa shape index (κ3) is 3.12. The zero-order chi connectivity index (χ0) is 14.5. The Kier molecular flexibility index (Phi) is 4.30. The van der Waals surface area contributed by atoms with Gasteiger partial charge < -0.3 is 9.47 Å². The summed E-state index contributed by atoms with van der Waals surface area (Å²) in [5.41, 5.74) is 0.771. The molecule has 2 rings (SSSR count). The molecule has 0 aromatic heterocycles. The van der Waals surface area contributed by atoms with Gasteiger partial charge in [0.05, 0.1) is 7.11 Å². The van der Waals surface area contributed by atoms with Gasteiger partial charge in [0.1, 0.15) is 12.9 Å². The molecule has 0 unspecified atom stereocenters. The van der Waals surface area contributed by atoms with E-state index >= 15 is 0 Å². The summed E-state index contributed by atoms with van der Waals surface area (Å²) in [7, 11) is 1.37. The highest BCUT2D eigenvalue weighted by Gasteiger charge is 2.07. The summed E-state index contributed by atoms with van der Waals surface area (Å²) in [6, 6.07) is 8.24. The van der Waals surface area contributed by atoms with Crippen molar-refractivity contribution in [2.45, 2.75) is 6.61 Å². The number of carbonyl (C=O) groups excluding carboxylic acids is 1. The summed E-state index contributed by atoms with van der Waals surface area (Å²) in [5.74, 6) is -1.00. The molecule has 5 heteroatoms. The van der Waals surface area contributed by atoms with E-state index in [0.29, 0.717) is 11.8 Å². The number of methoxy groups -OCH3 is 1. The van der Waals surface area contributed by atoms with Crippen LogP contribution in [0.5, 0.6) is 11.5 Å². The second-order valence-corrected chi connectivity index (χ2v) is 4.07. The van der Waals surface area contributed by atoms with Crippen LogP contribution in [0, 0.1) is 11.6 Å². The molecule has 104 valence electrons. The summed E-state index contributed by atoms with van der Waals surface area (Å²) in [6.07, 6.45) is 0.547. The van der Waals surface area contributed by atoms with Gasteiger partial charge in [-0.15, -0.1) is 0 Å². The zero-order valence-corrected chi connectivity index (χ0v) is 10.7. The third-order valence-electron chi connectivity index (χ3n) is 2.70. The molecule has 0 saturated heterocycles. The van der Waals surface area contributed by atoms with Crippen LogP contribution in [0.4, 0.5) is 8.78 Å². The van der Waals surface area contributed by atoms with Gasteiger partial charge in [-0.3, -0.25) is 4.79 Å². The van der Waals surface area contributed by atoms with E-state index in [1.807, 2.05) is 0 Å². The Morgan fingerprint density at radius 2 is 1.75 bits per heavy atom. The van der Waals surface area contributed by atoms with Crippen LogP contribution < -0.4 is 9.47 Å². The van der Waals surface area contributed by atoms with E-state index in [0.717, 1.165) is 6.07 Å². The average Bonchev–Trinajstić information content (AvgIpc) is 2.46. The molecule has 0 aliphatic carbocycles. The van der Waals surface area contributed by atoms with E-state index in [1.54, 1.807) is 6.07 Å². The van der Waals surface area contributed by atoms with Crippen molar-refractivity contribution in [2.24, 2.45) is 0 Å². The van der Waals surface area contributed by atoms with E-state index in [1.165, 1.54) is 31.4 Å². The fourth-order valence-electron chi connectivity index (χ4n) is 1.67. The van der Waals surface area contributed by atoms with Crippen LogP contribution >= 0.6 is 0 Å². The Bertz CT molecular complexity index is 627. The first-order valence-corrected chi connectivity index (χ1v) is 5.84. The molecule has 20 heavy (non-hydrogen) atoms. The lowest BCUT2D eigenvalue weighted by Gasteiger charge is -2.09. The Morgan fingerprint density at radius 3 is 2.35 bits per heavy atom. The molecule has 0 heterocycles. The van der Waals surface area contributed by atoms with Crippen LogP contribution in [-0.2, 0) is 6.61 Å². The van der Waals surface area contributed by atoms with E-state index in [4.69, 9.17) is 9.47 Å². The van der Waals surface area contributed by atoms with Gasteiger partial charge in [-0.1, -0.05) is 6.07 Å². The van der Waals surface area contributed by atoms with Crippen molar-refractivity contribution in [3.05, 3.63) is 59.2 Å². The molecule has 0 aliphatic heterocycles. The highest BCUT2D eigenvalue weighted by atomic mass is 19.1. The highest BCUT2D eigenvalue weighted by molar-refractivity contribution is 5.74. The van der Waals surface area contributed by atoms with E-state index in [-0.39, 0.29) is 23.7 Å². The van der Waals surface area contributed by atoms with Gasteiger partial charge in [-0.25, -0.2) is 8.78 Å².